The second-order valence-electron chi connectivity index (χ2n) is 6.56. The second kappa shape index (κ2) is 5.72. The van der Waals surface area contributed by atoms with E-state index in [1.54, 1.807) is 22.2 Å². The molecule has 0 unspecified atom stereocenters. The molecule has 1 spiro atoms. The molecule has 1 amide bonds. The van der Waals surface area contributed by atoms with Crippen molar-refractivity contribution >= 4 is 22.9 Å². The number of amides is 1. The van der Waals surface area contributed by atoms with E-state index in [0.29, 0.717) is 5.91 Å². The van der Waals surface area contributed by atoms with Crippen molar-refractivity contribution in [2.24, 2.45) is 12.5 Å². The van der Waals surface area contributed by atoms with E-state index in [1.165, 1.54) is 0 Å². The minimum atomic E-state index is -0.158. The Labute approximate surface area is 139 Å². The molecule has 2 aromatic rings. The average molecular weight is 331 g/mol. The van der Waals surface area contributed by atoms with Crippen molar-refractivity contribution in [3.05, 3.63) is 29.0 Å². The Morgan fingerprint density at radius 3 is 2.70 bits per heavy atom. The first-order valence-corrected chi connectivity index (χ1v) is 8.96. The van der Waals surface area contributed by atoms with E-state index in [0.717, 1.165) is 56.1 Å². The van der Waals surface area contributed by atoms with E-state index in [1.807, 2.05) is 29.7 Å². The highest BCUT2D eigenvalue weighted by atomic mass is 32.1. The molecule has 0 aliphatic carbocycles. The number of rotatable bonds is 3. The van der Waals surface area contributed by atoms with Crippen molar-refractivity contribution in [3.63, 3.8) is 0 Å². The Morgan fingerprint density at radius 2 is 2.04 bits per heavy atom. The van der Waals surface area contributed by atoms with Crippen molar-refractivity contribution in [1.82, 2.24) is 19.7 Å². The Kier molecular flexibility index (Phi) is 3.69. The highest BCUT2D eigenvalue weighted by Crippen LogP contribution is 2.43. The topological polar surface area (TPSA) is 54.3 Å². The van der Waals surface area contributed by atoms with E-state index in [4.69, 9.17) is 0 Å². The molecule has 0 aromatic carbocycles. The Balaban J connectivity index is 1.42. The molecule has 0 saturated carbocycles. The predicted octanol–water partition coefficient (Wildman–Crippen LogP) is 1.90. The lowest BCUT2D eigenvalue weighted by molar-refractivity contribution is -0.128. The molecule has 4 rings (SSSR count). The summed E-state index contributed by atoms with van der Waals surface area (Å²) in [6, 6.07) is 0. The smallest absolute Gasteiger partial charge is 0.233 e. The van der Waals surface area contributed by atoms with Crippen LogP contribution >= 0.6 is 11.3 Å². The number of hydrogen-bond acceptors (Lipinski definition) is 5. The molecular weight excluding hydrogens is 310 g/mol. The van der Waals surface area contributed by atoms with Crippen LogP contribution in [0.5, 0.6) is 0 Å². The maximum atomic E-state index is 13.0. The summed E-state index contributed by atoms with van der Waals surface area (Å²) in [5.74, 6) is 0.291. The zero-order chi connectivity index (χ0) is 15.9. The first-order chi connectivity index (χ1) is 11.2. The van der Waals surface area contributed by atoms with Crippen molar-refractivity contribution in [2.45, 2.75) is 25.8 Å². The molecule has 2 saturated heterocycles. The third-order valence-electron chi connectivity index (χ3n) is 5.17. The number of hydrogen-bond donors (Lipinski definition) is 0. The van der Waals surface area contributed by atoms with Gasteiger partial charge in [0.1, 0.15) is 5.01 Å². The van der Waals surface area contributed by atoms with Crippen molar-refractivity contribution < 1.29 is 4.79 Å². The van der Waals surface area contributed by atoms with Gasteiger partial charge >= 0.3 is 0 Å². The minimum Gasteiger partial charge on any atom is -0.309 e. The zero-order valence-corrected chi connectivity index (χ0v) is 14.1. The van der Waals surface area contributed by atoms with Crippen molar-refractivity contribution in [3.8, 4) is 0 Å². The number of aryl methyl sites for hydroxylation is 1. The van der Waals surface area contributed by atoms with Gasteiger partial charge in [-0.3, -0.25) is 14.4 Å². The summed E-state index contributed by atoms with van der Waals surface area (Å²) in [5.41, 5.74) is 0.773. The number of thiazole rings is 1. The largest absolute Gasteiger partial charge is 0.309 e. The standard InChI is InChI=1S/C16H21N5OS/c1-19-11-13(10-18-19)21-8-4-16(15(21)22)2-6-20(7-3-16)12-14-17-5-9-23-14/h5,9-11H,2-4,6-8,12H2,1H3. The first-order valence-electron chi connectivity index (χ1n) is 8.08. The number of anilines is 1. The molecule has 0 bridgehead atoms. The lowest BCUT2D eigenvalue weighted by Gasteiger charge is -2.37. The van der Waals surface area contributed by atoms with Gasteiger partial charge in [0.2, 0.25) is 5.91 Å². The summed E-state index contributed by atoms with van der Waals surface area (Å²) in [7, 11) is 1.89. The van der Waals surface area contributed by atoms with Crippen LogP contribution < -0.4 is 4.90 Å². The van der Waals surface area contributed by atoms with Gasteiger partial charge in [-0.15, -0.1) is 11.3 Å². The maximum absolute atomic E-state index is 13.0. The second-order valence-corrected chi connectivity index (χ2v) is 7.54. The molecule has 0 atom stereocenters. The number of likely N-dealkylation sites (tertiary alicyclic amines) is 1. The van der Waals surface area contributed by atoms with Gasteiger partial charge in [0.15, 0.2) is 0 Å². The Hall–Kier alpha value is -1.73. The summed E-state index contributed by atoms with van der Waals surface area (Å²) in [6.07, 6.45) is 8.44. The van der Waals surface area contributed by atoms with Gasteiger partial charge in [-0.1, -0.05) is 0 Å². The van der Waals surface area contributed by atoms with Crippen LogP contribution in [-0.4, -0.2) is 45.2 Å². The summed E-state index contributed by atoms with van der Waals surface area (Å²) in [6.45, 7) is 3.68. The van der Waals surface area contributed by atoms with E-state index in [-0.39, 0.29) is 5.41 Å². The van der Waals surface area contributed by atoms with Crippen LogP contribution in [0.15, 0.2) is 24.0 Å². The molecule has 2 aliphatic rings. The summed E-state index contributed by atoms with van der Waals surface area (Å²) in [4.78, 5) is 21.7. The average Bonchev–Trinajstić information content (AvgIpc) is 3.26. The molecule has 4 heterocycles. The molecule has 122 valence electrons. The summed E-state index contributed by atoms with van der Waals surface area (Å²) >= 11 is 1.70. The van der Waals surface area contributed by atoms with Gasteiger partial charge in [-0.2, -0.15) is 5.10 Å². The molecule has 6 nitrogen and oxygen atoms in total. The van der Waals surface area contributed by atoms with Gasteiger partial charge in [0, 0.05) is 31.4 Å². The van der Waals surface area contributed by atoms with Crippen LogP contribution in [0.1, 0.15) is 24.3 Å². The van der Waals surface area contributed by atoms with E-state index < -0.39 is 0 Å². The van der Waals surface area contributed by atoms with E-state index in [9.17, 15) is 4.79 Å². The lowest BCUT2D eigenvalue weighted by atomic mass is 9.77. The van der Waals surface area contributed by atoms with Crippen molar-refractivity contribution in [1.29, 1.82) is 0 Å². The molecule has 0 radical (unpaired) electrons. The molecule has 2 fully saturated rings. The lowest BCUT2D eigenvalue weighted by Crippen LogP contribution is -2.44. The molecule has 2 aromatic heterocycles. The van der Waals surface area contributed by atoms with Crippen molar-refractivity contribution in [2.75, 3.05) is 24.5 Å². The highest BCUT2D eigenvalue weighted by molar-refractivity contribution is 7.09. The molecule has 0 N–H and O–H groups in total. The number of aromatic nitrogens is 3. The van der Waals surface area contributed by atoms with Crippen LogP contribution in [0.25, 0.3) is 0 Å². The summed E-state index contributed by atoms with van der Waals surface area (Å²) in [5, 5.41) is 7.38. The SMILES string of the molecule is Cn1cc(N2CCC3(CCN(Cc4nccs4)CC3)C2=O)cn1. The van der Waals surface area contributed by atoms with Crippen LogP contribution in [0.3, 0.4) is 0 Å². The molecule has 7 heteroatoms. The molecule has 2 aliphatic heterocycles. The van der Waals surface area contributed by atoms with Gasteiger partial charge < -0.3 is 4.90 Å². The Morgan fingerprint density at radius 1 is 1.26 bits per heavy atom. The molecule has 23 heavy (non-hydrogen) atoms. The summed E-state index contributed by atoms with van der Waals surface area (Å²) < 4.78 is 1.75. The fourth-order valence-corrected chi connectivity index (χ4v) is 4.40. The third-order valence-corrected chi connectivity index (χ3v) is 5.94. The maximum Gasteiger partial charge on any atom is 0.233 e. The van der Waals surface area contributed by atoms with Gasteiger partial charge in [-0.05, 0) is 32.4 Å². The minimum absolute atomic E-state index is 0.158. The van der Waals surface area contributed by atoms with Crippen LogP contribution in [0, 0.1) is 5.41 Å². The number of piperidine rings is 1. The van der Waals surface area contributed by atoms with Gasteiger partial charge in [0.05, 0.1) is 23.8 Å². The Bertz CT molecular complexity index is 687. The monoisotopic (exact) mass is 331 g/mol. The van der Waals surface area contributed by atoms with Crippen LogP contribution in [0.4, 0.5) is 5.69 Å². The van der Waals surface area contributed by atoms with E-state index >= 15 is 0 Å². The quantitative estimate of drug-likeness (QED) is 0.862. The highest BCUT2D eigenvalue weighted by Gasteiger charge is 2.48. The number of carbonyl (C=O) groups excluding carboxylic acids is 1. The number of carbonyl (C=O) groups is 1. The molecular formula is C16H21N5OS. The fourth-order valence-electron chi connectivity index (χ4n) is 3.74. The number of nitrogens with zero attached hydrogens (tertiary/aromatic N) is 5. The van der Waals surface area contributed by atoms with Crippen LogP contribution in [0.2, 0.25) is 0 Å². The third kappa shape index (κ3) is 2.68. The zero-order valence-electron chi connectivity index (χ0n) is 13.3. The van der Waals surface area contributed by atoms with Gasteiger partial charge in [-0.25, -0.2) is 4.98 Å². The fraction of sp³-hybridized carbons (Fsp3) is 0.562. The first kappa shape index (κ1) is 14.8. The van der Waals surface area contributed by atoms with Crippen LogP contribution in [-0.2, 0) is 18.4 Å². The van der Waals surface area contributed by atoms with Gasteiger partial charge in [0.25, 0.3) is 0 Å². The predicted molar refractivity (Wildman–Crippen MR) is 89.2 cm³/mol. The van der Waals surface area contributed by atoms with E-state index in [2.05, 4.69) is 15.0 Å². The normalized spacial score (nSPS) is 21.4.